The molecule has 2 heterocycles. The first-order chi connectivity index (χ1) is 10.2. The van der Waals surface area contributed by atoms with Crippen LogP contribution < -0.4 is 4.74 Å². The van der Waals surface area contributed by atoms with Gasteiger partial charge < -0.3 is 9.47 Å². The topological polar surface area (TPSA) is 51.7 Å². The van der Waals surface area contributed by atoms with Crippen LogP contribution in [-0.4, -0.2) is 54.6 Å². The summed E-state index contributed by atoms with van der Waals surface area (Å²) in [4.78, 5) is 18.9. The second-order valence-electron chi connectivity index (χ2n) is 5.28. The molecular weight excluding hydrogens is 268 g/mol. The lowest BCUT2D eigenvalue weighted by molar-refractivity contribution is -0.0164. The van der Waals surface area contributed by atoms with Crippen molar-refractivity contribution >= 4 is 5.78 Å². The summed E-state index contributed by atoms with van der Waals surface area (Å²) in [7, 11) is 0. The largest absolute Gasteiger partial charge is 0.492 e. The predicted molar refractivity (Wildman–Crippen MR) is 80.8 cm³/mol. The van der Waals surface area contributed by atoms with Gasteiger partial charge in [-0.1, -0.05) is 13.8 Å². The lowest BCUT2D eigenvalue weighted by Crippen LogP contribution is -2.46. The maximum absolute atomic E-state index is 12.5. The molecule has 1 fully saturated rings. The Balaban J connectivity index is 2.01. The molecule has 5 heteroatoms. The summed E-state index contributed by atoms with van der Waals surface area (Å²) in [5.41, 5.74) is 0.562. The van der Waals surface area contributed by atoms with Gasteiger partial charge in [0.25, 0.3) is 0 Å². The van der Waals surface area contributed by atoms with Crippen molar-refractivity contribution in [2.45, 2.75) is 32.8 Å². The zero-order chi connectivity index (χ0) is 15.1. The van der Waals surface area contributed by atoms with Crippen molar-refractivity contribution in [1.82, 2.24) is 9.88 Å². The molecule has 0 spiro atoms. The minimum Gasteiger partial charge on any atom is -0.492 e. The van der Waals surface area contributed by atoms with Crippen molar-refractivity contribution in [1.29, 1.82) is 0 Å². The molecule has 21 heavy (non-hydrogen) atoms. The molecule has 1 saturated heterocycles. The minimum atomic E-state index is -0.395. The Morgan fingerprint density at radius 2 is 2.29 bits per heavy atom. The van der Waals surface area contributed by atoms with Gasteiger partial charge in [-0.3, -0.25) is 14.7 Å². The number of hydrogen-bond acceptors (Lipinski definition) is 5. The number of ether oxygens (including phenoxy) is 2. The molecule has 0 N–H and O–H groups in total. The zero-order valence-corrected chi connectivity index (χ0v) is 12.9. The van der Waals surface area contributed by atoms with Gasteiger partial charge in [-0.15, -0.1) is 0 Å². The monoisotopic (exact) mass is 292 g/mol. The van der Waals surface area contributed by atoms with Gasteiger partial charge in [0.15, 0.2) is 5.78 Å². The summed E-state index contributed by atoms with van der Waals surface area (Å²) in [6.45, 7) is 7.98. The minimum absolute atomic E-state index is 0.00903. The molecule has 1 aliphatic rings. The summed E-state index contributed by atoms with van der Waals surface area (Å²) in [5.74, 6) is 0.633. The number of carbonyl (C=O) groups excluding carboxylic acids is 1. The number of ketones is 1. The zero-order valence-electron chi connectivity index (χ0n) is 12.9. The van der Waals surface area contributed by atoms with Crippen LogP contribution in [0.1, 0.15) is 37.0 Å². The smallest absolute Gasteiger partial charge is 0.194 e. The van der Waals surface area contributed by atoms with Crippen molar-refractivity contribution in [3.8, 4) is 5.75 Å². The molecule has 1 aromatic rings. The van der Waals surface area contributed by atoms with E-state index in [0.29, 0.717) is 31.1 Å². The van der Waals surface area contributed by atoms with Gasteiger partial charge >= 0.3 is 0 Å². The molecule has 1 atom stereocenters. The van der Waals surface area contributed by atoms with Crippen molar-refractivity contribution in [2.24, 2.45) is 0 Å². The summed E-state index contributed by atoms with van der Waals surface area (Å²) >= 11 is 0. The molecule has 0 radical (unpaired) electrons. The summed E-state index contributed by atoms with van der Waals surface area (Å²) in [6.07, 6.45) is 4.84. The maximum atomic E-state index is 12.5. The van der Waals surface area contributed by atoms with E-state index < -0.39 is 6.10 Å². The van der Waals surface area contributed by atoms with E-state index in [1.54, 1.807) is 18.5 Å². The lowest BCUT2D eigenvalue weighted by Gasteiger charge is -2.31. The summed E-state index contributed by atoms with van der Waals surface area (Å²) < 4.78 is 11.2. The quantitative estimate of drug-likeness (QED) is 0.721. The number of rotatable bonds is 7. The van der Waals surface area contributed by atoms with Crippen molar-refractivity contribution < 1.29 is 14.3 Å². The van der Waals surface area contributed by atoms with Gasteiger partial charge in [0.1, 0.15) is 11.9 Å². The molecule has 0 saturated carbocycles. The molecule has 1 aromatic heterocycles. The summed E-state index contributed by atoms with van der Waals surface area (Å²) in [5, 5.41) is 0. The van der Waals surface area contributed by atoms with Crippen LogP contribution >= 0.6 is 0 Å². The van der Waals surface area contributed by atoms with Gasteiger partial charge in [-0.25, -0.2) is 0 Å². The average Bonchev–Trinajstić information content (AvgIpc) is 2.53. The van der Waals surface area contributed by atoms with Crippen molar-refractivity contribution in [2.75, 3.05) is 32.8 Å². The Labute approximate surface area is 126 Å². The maximum Gasteiger partial charge on any atom is 0.194 e. The van der Waals surface area contributed by atoms with Crippen LogP contribution in [0.25, 0.3) is 0 Å². The van der Waals surface area contributed by atoms with E-state index in [2.05, 4.69) is 16.8 Å². The highest BCUT2D eigenvalue weighted by atomic mass is 16.5. The molecule has 0 amide bonds. The van der Waals surface area contributed by atoms with E-state index in [0.717, 1.165) is 25.9 Å². The van der Waals surface area contributed by atoms with Crippen LogP contribution in [0.15, 0.2) is 18.5 Å². The second-order valence-corrected chi connectivity index (χ2v) is 5.28. The molecule has 1 aliphatic heterocycles. The molecule has 0 aromatic carbocycles. The van der Waals surface area contributed by atoms with E-state index in [1.165, 1.54) is 0 Å². The number of Topliss-reactive ketones (excluding diaryl/α,β-unsaturated/α-hetero) is 1. The first kappa shape index (κ1) is 15.9. The lowest BCUT2D eigenvalue weighted by atomic mass is 10.1. The van der Waals surface area contributed by atoms with Crippen LogP contribution in [-0.2, 0) is 4.74 Å². The highest BCUT2D eigenvalue weighted by Gasteiger charge is 2.27. The predicted octanol–water partition coefficient (Wildman–Crippen LogP) is 2.16. The Hall–Kier alpha value is -1.46. The van der Waals surface area contributed by atoms with Gasteiger partial charge in [0, 0.05) is 24.8 Å². The standard InChI is InChI=1S/C16H24N2O3/c1-3-5-18-6-8-21-15(12-18)16(19)13-9-14(11-17-10-13)20-7-4-2/h9-11,15H,3-8,12H2,1-2H3. The van der Waals surface area contributed by atoms with Crippen LogP contribution in [0.5, 0.6) is 5.75 Å². The van der Waals surface area contributed by atoms with Gasteiger partial charge in [-0.2, -0.15) is 0 Å². The Kier molecular flexibility index (Phi) is 6.14. The van der Waals surface area contributed by atoms with E-state index in [9.17, 15) is 4.79 Å². The van der Waals surface area contributed by atoms with Crippen LogP contribution in [0, 0.1) is 0 Å². The number of nitrogens with zero attached hydrogens (tertiary/aromatic N) is 2. The second kappa shape index (κ2) is 8.10. The average molecular weight is 292 g/mol. The van der Waals surface area contributed by atoms with E-state index in [4.69, 9.17) is 9.47 Å². The fourth-order valence-electron chi connectivity index (χ4n) is 2.42. The Morgan fingerprint density at radius 1 is 1.43 bits per heavy atom. The fourth-order valence-corrected chi connectivity index (χ4v) is 2.42. The normalized spacial score (nSPS) is 19.4. The molecule has 116 valence electrons. The number of carbonyl (C=O) groups is 1. The van der Waals surface area contributed by atoms with Crippen molar-refractivity contribution in [3.63, 3.8) is 0 Å². The van der Waals surface area contributed by atoms with Gasteiger partial charge in [0.05, 0.1) is 19.4 Å². The Bertz CT molecular complexity index is 463. The summed E-state index contributed by atoms with van der Waals surface area (Å²) in [6, 6.07) is 1.76. The van der Waals surface area contributed by atoms with Gasteiger partial charge in [-0.05, 0) is 25.5 Å². The van der Waals surface area contributed by atoms with E-state index >= 15 is 0 Å². The molecule has 5 nitrogen and oxygen atoms in total. The highest BCUT2D eigenvalue weighted by Crippen LogP contribution is 2.16. The first-order valence-electron chi connectivity index (χ1n) is 7.70. The molecule has 1 unspecified atom stereocenters. The number of aromatic nitrogens is 1. The van der Waals surface area contributed by atoms with Crippen LogP contribution in [0.2, 0.25) is 0 Å². The fraction of sp³-hybridized carbons (Fsp3) is 0.625. The first-order valence-corrected chi connectivity index (χ1v) is 7.70. The van der Waals surface area contributed by atoms with Crippen molar-refractivity contribution in [3.05, 3.63) is 24.0 Å². The third-order valence-corrected chi connectivity index (χ3v) is 3.45. The third-order valence-electron chi connectivity index (χ3n) is 3.45. The van der Waals surface area contributed by atoms with E-state index in [-0.39, 0.29) is 5.78 Å². The van der Waals surface area contributed by atoms with Crippen LogP contribution in [0.3, 0.4) is 0 Å². The third kappa shape index (κ3) is 4.51. The number of morpholine rings is 1. The number of pyridine rings is 1. The number of hydrogen-bond donors (Lipinski definition) is 0. The SMILES string of the molecule is CCCOc1cncc(C(=O)C2CN(CCC)CCO2)c1. The van der Waals surface area contributed by atoms with E-state index in [1.807, 2.05) is 6.92 Å². The Morgan fingerprint density at radius 3 is 3.05 bits per heavy atom. The molecule has 0 bridgehead atoms. The highest BCUT2D eigenvalue weighted by molar-refractivity contribution is 5.99. The molecule has 2 rings (SSSR count). The molecule has 0 aliphatic carbocycles. The molecular formula is C16H24N2O3. The van der Waals surface area contributed by atoms with Gasteiger partial charge in [0.2, 0.25) is 0 Å². The van der Waals surface area contributed by atoms with Crippen LogP contribution in [0.4, 0.5) is 0 Å².